The van der Waals surface area contributed by atoms with Crippen molar-refractivity contribution in [1.82, 2.24) is 0 Å². The summed E-state index contributed by atoms with van der Waals surface area (Å²) in [4.78, 5) is 1.55. The van der Waals surface area contributed by atoms with Crippen LogP contribution in [0.3, 0.4) is 0 Å². The van der Waals surface area contributed by atoms with E-state index in [1.54, 1.807) is 24.1 Å². The Morgan fingerprint density at radius 1 is 1.04 bits per heavy atom. The molecule has 0 saturated heterocycles. The minimum atomic E-state index is -4.73. The van der Waals surface area contributed by atoms with Crippen LogP contribution < -0.4 is 4.90 Å². The fourth-order valence-electron chi connectivity index (χ4n) is 3.42. The molecule has 1 aliphatic rings. The van der Waals surface area contributed by atoms with Gasteiger partial charge in [-0.1, -0.05) is 48.5 Å². The van der Waals surface area contributed by atoms with Gasteiger partial charge in [-0.05, 0) is 24.5 Å². The molecule has 5 heteroatoms. The van der Waals surface area contributed by atoms with Crippen molar-refractivity contribution in [2.24, 2.45) is 0 Å². The van der Waals surface area contributed by atoms with Gasteiger partial charge >= 0.3 is 6.18 Å². The summed E-state index contributed by atoms with van der Waals surface area (Å²) < 4.78 is 41.1. The predicted molar refractivity (Wildman–Crippen MR) is 83.3 cm³/mol. The minimum Gasteiger partial charge on any atom is -0.375 e. The van der Waals surface area contributed by atoms with Gasteiger partial charge in [-0.25, -0.2) is 0 Å². The highest BCUT2D eigenvalue weighted by Gasteiger charge is 2.64. The molecule has 0 spiro atoms. The number of alkyl halides is 3. The maximum absolute atomic E-state index is 13.7. The van der Waals surface area contributed by atoms with Gasteiger partial charge in [0, 0.05) is 18.3 Å². The van der Waals surface area contributed by atoms with E-state index in [0.717, 1.165) is 5.56 Å². The highest BCUT2D eigenvalue weighted by molar-refractivity contribution is 5.63. The third-order valence-corrected chi connectivity index (χ3v) is 4.63. The van der Waals surface area contributed by atoms with Gasteiger partial charge in [0.25, 0.3) is 0 Å². The number of nitrogens with zero attached hydrogens (tertiary/aromatic N) is 1. The molecule has 23 heavy (non-hydrogen) atoms. The largest absolute Gasteiger partial charge is 0.423 e. The van der Waals surface area contributed by atoms with Crippen LogP contribution in [0.15, 0.2) is 54.6 Å². The monoisotopic (exact) mass is 321 g/mol. The van der Waals surface area contributed by atoms with Crippen LogP contribution in [0.2, 0.25) is 0 Å². The first-order chi connectivity index (χ1) is 10.9. The Balaban J connectivity index is 1.95. The van der Waals surface area contributed by atoms with Gasteiger partial charge in [0.1, 0.15) is 0 Å². The molecule has 0 fully saturated rings. The van der Waals surface area contributed by atoms with Gasteiger partial charge in [0.05, 0.1) is 6.04 Å². The fraction of sp³-hybridized carbons (Fsp3) is 0.333. The first-order valence-electron chi connectivity index (χ1n) is 7.51. The summed E-state index contributed by atoms with van der Waals surface area (Å²) in [6.07, 6.45) is -4.04. The van der Waals surface area contributed by atoms with Gasteiger partial charge < -0.3 is 10.0 Å². The van der Waals surface area contributed by atoms with Crippen LogP contribution in [0.25, 0.3) is 0 Å². The summed E-state index contributed by atoms with van der Waals surface area (Å²) in [6, 6.07) is 14.5. The molecule has 2 aromatic rings. The fourth-order valence-corrected chi connectivity index (χ4v) is 3.42. The Hall–Kier alpha value is -2.01. The third kappa shape index (κ3) is 2.49. The Morgan fingerprint density at radius 3 is 2.30 bits per heavy atom. The van der Waals surface area contributed by atoms with E-state index >= 15 is 0 Å². The number of anilines is 1. The van der Waals surface area contributed by atoms with Crippen molar-refractivity contribution in [2.75, 3.05) is 11.9 Å². The van der Waals surface area contributed by atoms with E-state index in [4.69, 9.17) is 0 Å². The zero-order chi connectivity index (χ0) is 16.7. The van der Waals surface area contributed by atoms with Crippen LogP contribution in [-0.2, 0) is 12.0 Å². The van der Waals surface area contributed by atoms with Crippen LogP contribution in [0, 0.1) is 0 Å². The van der Waals surface area contributed by atoms with Gasteiger partial charge in [0.2, 0.25) is 5.60 Å². The molecule has 2 unspecified atom stereocenters. The van der Waals surface area contributed by atoms with Crippen molar-refractivity contribution in [2.45, 2.75) is 30.7 Å². The molecule has 0 radical (unpaired) electrons. The highest BCUT2D eigenvalue weighted by Crippen LogP contribution is 2.52. The van der Waals surface area contributed by atoms with E-state index in [1.807, 2.05) is 30.3 Å². The molecule has 3 rings (SSSR count). The molecule has 0 bridgehead atoms. The zero-order valence-corrected chi connectivity index (χ0v) is 12.7. The Labute approximate surface area is 133 Å². The predicted octanol–water partition coefficient (Wildman–Crippen LogP) is 3.89. The molecule has 1 heterocycles. The van der Waals surface area contributed by atoms with Gasteiger partial charge in [0.15, 0.2) is 0 Å². The smallest absolute Gasteiger partial charge is 0.375 e. The molecule has 0 amide bonds. The molecule has 122 valence electrons. The molecule has 2 atom stereocenters. The second-order valence-corrected chi connectivity index (χ2v) is 5.93. The number of benzene rings is 2. The van der Waals surface area contributed by atoms with Crippen LogP contribution in [-0.4, -0.2) is 24.4 Å². The van der Waals surface area contributed by atoms with E-state index in [2.05, 4.69) is 0 Å². The van der Waals surface area contributed by atoms with Crippen LogP contribution in [0.4, 0.5) is 18.9 Å². The van der Waals surface area contributed by atoms with E-state index in [1.165, 1.54) is 12.1 Å². The molecule has 0 saturated carbocycles. The van der Waals surface area contributed by atoms with Crippen LogP contribution in [0.5, 0.6) is 0 Å². The Kier molecular flexibility index (Phi) is 3.84. The zero-order valence-electron chi connectivity index (χ0n) is 12.7. The number of halogens is 3. The first kappa shape index (κ1) is 15.9. The van der Waals surface area contributed by atoms with Crippen LogP contribution in [0.1, 0.15) is 17.5 Å². The number of likely N-dealkylation sites (N-methyl/N-ethyl adjacent to an activating group) is 1. The van der Waals surface area contributed by atoms with E-state index in [-0.39, 0.29) is 12.0 Å². The molecular formula is C18H18F3NO. The lowest BCUT2D eigenvalue weighted by Crippen LogP contribution is -2.53. The van der Waals surface area contributed by atoms with Gasteiger partial charge in [-0.2, -0.15) is 13.2 Å². The SMILES string of the molecule is CN1c2ccccc2C(O)(C(F)(F)F)C1CCc1ccccc1. The first-order valence-corrected chi connectivity index (χ1v) is 7.51. The van der Waals surface area contributed by atoms with Crippen molar-refractivity contribution in [3.63, 3.8) is 0 Å². The molecule has 0 aliphatic carbocycles. The lowest BCUT2D eigenvalue weighted by atomic mass is 9.85. The van der Waals surface area contributed by atoms with E-state index < -0.39 is 17.8 Å². The summed E-state index contributed by atoms with van der Waals surface area (Å²) in [5.74, 6) is 0. The molecule has 0 aromatic heterocycles. The maximum Gasteiger partial charge on any atom is 0.423 e. The van der Waals surface area contributed by atoms with E-state index in [9.17, 15) is 18.3 Å². The lowest BCUT2D eigenvalue weighted by molar-refractivity contribution is -0.271. The number of hydrogen-bond donors (Lipinski definition) is 1. The summed E-state index contributed by atoms with van der Waals surface area (Å²) in [7, 11) is 1.61. The van der Waals surface area contributed by atoms with Crippen molar-refractivity contribution in [3.05, 3.63) is 65.7 Å². The second-order valence-electron chi connectivity index (χ2n) is 5.93. The average molecular weight is 321 g/mol. The molecule has 2 aromatic carbocycles. The Morgan fingerprint density at radius 2 is 1.65 bits per heavy atom. The molecular weight excluding hydrogens is 303 g/mol. The van der Waals surface area contributed by atoms with Crippen molar-refractivity contribution < 1.29 is 18.3 Å². The molecule has 1 aliphatic heterocycles. The van der Waals surface area contributed by atoms with Gasteiger partial charge in [-0.15, -0.1) is 0 Å². The van der Waals surface area contributed by atoms with Crippen molar-refractivity contribution in [3.8, 4) is 0 Å². The minimum absolute atomic E-state index is 0.0620. The number of para-hydroxylation sites is 1. The summed E-state index contributed by atoms with van der Waals surface area (Å²) >= 11 is 0. The average Bonchev–Trinajstić information content (AvgIpc) is 2.76. The molecule has 1 N–H and O–H groups in total. The van der Waals surface area contributed by atoms with Crippen molar-refractivity contribution >= 4 is 5.69 Å². The second kappa shape index (κ2) is 5.57. The highest BCUT2D eigenvalue weighted by atomic mass is 19.4. The number of hydrogen-bond acceptors (Lipinski definition) is 2. The number of aliphatic hydroxyl groups is 1. The number of fused-ring (bicyclic) bond motifs is 1. The van der Waals surface area contributed by atoms with E-state index in [0.29, 0.717) is 12.1 Å². The normalized spacial score (nSPS) is 23.9. The van der Waals surface area contributed by atoms with Gasteiger partial charge in [-0.3, -0.25) is 0 Å². The maximum atomic E-state index is 13.7. The summed E-state index contributed by atoms with van der Waals surface area (Å²) in [5.41, 5.74) is -1.51. The number of aryl methyl sites for hydroxylation is 1. The summed E-state index contributed by atoms with van der Waals surface area (Å²) in [6.45, 7) is 0. The third-order valence-electron chi connectivity index (χ3n) is 4.63. The lowest BCUT2D eigenvalue weighted by Gasteiger charge is -2.35. The topological polar surface area (TPSA) is 23.5 Å². The van der Waals surface area contributed by atoms with Crippen molar-refractivity contribution in [1.29, 1.82) is 0 Å². The van der Waals surface area contributed by atoms with Crippen LogP contribution >= 0.6 is 0 Å². The summed E-state index contributed by atoms with van der Waals surface area (Å²) in [5, 5.41) is 10.6. The quantitative estimate of drug-likeness (QED) is 0.927. The Bertz CT molecular complexity index is 686. The standard InChI is InChI=1S/C18H18F3NO/c1-22-15-10-6-5-9-14(15)17(23,18(19,20)21)16(22)12-11-13-7-3-2-4-8-13/h2-10,16,23H,11-12H2,1H3. The molecule has 2 nitrogen and oxygen atoms in total. The number of rotatable bonds is 3.